The standard InChI is InChI=1S/C20H18FN5/c1-12-3-2-4-17-18(15-9-10-22-20-16(15)11-23-24-20)19(25-26(12)17)13-5-7-14(21)8-6-13/h5-12H,2-4H2,1H3,(H,22,23,24)/t12-/m1/s1. The highest BCUT2D eigenvalue weighted by Crippen LogP contribution is 2.41. The predicted octanol–water partition coefficient (Wildman–Crippen LogP) is 4.52. The largest absolute Gasteiger partial charge is 0.266 e. The highest BCUT2D eigenvalue weighted by atomic mass is 19.1. The van der Waals surface area contributed by atoms with E-state index in [0.717, 1.165) is 52.7 Å². The van der Waals surface area contributed by atoms with E-state index in [4.69, 9.17) is 5.10 Å². The van der Waals surface area contributed by atoms with Gasteiger partial charge in [-0.3, -0.25) is 9.78 Å². The SMILES string of the molecule is C[C@@H]1CCCc2c(-c3ccnc4[nH]ncc34)c(-c3ccc(F)cc3)nn21. The third kappa shape index (κ3) is 2.25. The van der Waals surface area contributed by atoms with Gasteiger partial charge in [0.25, 0.3) is 0 Å². The fourth-order valence-electron chi connectivity index (χ4n) is 3.92. The van der Waals surface area contributed by atoms with E-state index in [9.17, 15) is 4.39 Å². The van der Waals surface area contributed by atoms with Gasteiger partial charge in [0.2, 0.25) is 0 Å². The average Bonchev–Trinajstić information content (AvgIpc) is 3.27. The second kappa shape index (κ2) is 5.76. The van der Waals surface area contributed by atoms with Gasteiger partial charge >= 0.3 is 0 Å². The van der Waals surface area contributed by atoms with Crippen LogP contribution >= 0.6 is 0 Å². The molecule has 0 aliphatic carbocycles. The van der Waals surface area contributed by atoms with E-state index < -0.39 is 0 Å². The van der Waals surface area contributed by atoms with Crippen LogP contribution < -0.4 is 0 Å². The molecule has 4 heterocycles. The first kappa shape index (κ1) is 15.3. The van der Waals surface area contributed by atoms with Crippen molar-refractivity contribution in [1.29, 1.82) is 0 Å². The summed E-state index contributed by atoms with van der Waals surface area (Å²) in [7, 11) is 0. The molecule has 1 aliphatic rings. The Morgan fingerprint density at radius 2 is 2.04 bits per heavy atom. The maximum atomic E-state index is 13.4. The van der Waals surface area contributed by atoms with Gasteiger partial charge in [-0.05, 0) is 62.1 Å². The molecule has 0 bridgehead atoms. The zero-order valence-electron chi connectivity index (χ0n) is 14.4. The van der Waals surface area contributed by atoms with Crippen LogP contribution in [0.4, 0.5) is 4.39 Å². The Morgan fingerprint density at radius 1 is 1.19 bits per heavy atom. The molecule has 0 fully saturated rings. The van der Waals surface area contributed by atoms with Crippen molar-refractivity contribution in [3.05, 3.63) is 54.2 Å². The van der Waals surface area contributed by atoms with Crippen LogP contribution in [-0.2, 0) is 6.42 Å². The van der Waals surface area contributed by atoms with E-state index in [-0.39, 0.29) is 5.82 Å². The minimum atomic E-state index is -0.242. The summed E-state index contributed by atoms with van der Waals surface area (Å²) < 4.78 is 15.6. The van der Waals surface area contributed by atoms with Gasteiger partial charge in [-0.2, -0.15) is 10.2 Å². The first-order valence-electron chi connectivity index (χ1n) is 8.88. The second-order valence-corrected chi connectivity index (χ2v) is 6.85. The molecule has 1 atom stereocenters. The highest BCUT2D eigenvalue weighted by Gasteiger charge is 2.27. The van der Waals surface area contributed by atoms with Gasteiger partial charge < -0.3 is 0 Å². The molecule has 0 radical (unpaired) electrons. The Morgan fingerprint density at radius 3 is 2.88 bits per heavy atom. The van der Waals surface area contributed by atoms with Crippen LogP contribution in [0.2, 0.25) is 0 Å². The van der Waals surface area contributed by atoms with Crippen LogP contribution in [-0.4, -0.2) is 25.0 Å². The molecule has 4 aromatic rings. The van der Waals surface area contributed by atoms with Gasteiger partial charge in [-0.15, -0.1) is 0 Å². The monoisotopic (exact) mass is 347 g/mol. The van der Waals surface area contributed by atoms with Gasteiger partial charge in [0.05, 0.1) is 6.20 Å². The highest BCUT2D eigenvalue weighted by molar-refractivity contribution is 5.97. The number of nitrogens with zero attached hydrogens (tertiary/aromatic N) is 4. The zero-order valence-corrected chi connectivity index (χ0v) is 14.4. The van der Waals surface area contributed by atoms with Gasteiger partial charge in [-0.25, -0.2) is 9.37 Å². The molecule has 0 saturated heterocycles. The number of benzene rings is 1. The molecule has 1 aliphatic heterocycles. The molecule has 26 heavy (non-hydrogen) atoms. The van der Waals surface area contributed by atoms with Crippen molar-refractivity contribution in [3.8, 4) is 22.4 Å². The molecule has 0 spiro atoms. The number of aromatic amines is 1. The lowest BCUT2D eigenvalue weighted by molar-refractivity contribution is 0.394. The zero-order chi connectivity index (χ0) is 17.7. The quantitative estimate of drug-likeness (QED) is 0.580. The van der Waals surface area contributed by atoms with Crippen molar-refractivity contribution in [2.75, 3.05) is 0 Å². The lowest BCUT2D eigenvalue weighted by Crippen LogP contribution is -2.16. The van der Waals surface area contributed by atoms with E-state index in [0.29, 0.717) is 6.04 Å². The molecule has 5 nitrogen and oxygen atoms in total. The van der Waals surface area contributed by atoms with Crippen molar-refractivity contribution in [2.45, 2.75) is 32.2 Å². The third-order valence-electron chi connectivity index (χ3n) is 5.20. The van der Waals surface area contributed by atoms with Gasteiger partial charge in [0.1, 0.15) is 11.5 Å². The number of hydrogen-bond acceptors (Lipinski definition) is 3. The van der Waals surface area contributed by atoms with E-state index in [1.807, 2.05) is 12.3 Å². The molecular formula is C20H18FN5. The van der Waals surface area contributed by atoms with E-state index in [2.05, 4.69) is 26.8 Å². The summed E-state index contributed by atoms with van der Waals surface area (Å²) in [5.74, 6) is -0.242. The van der Waals surface area contributed by atoms with Crippen LogP contribution in [0.5, 0.6) is 0 Å². The number of nitrogens with one attached hydrogen (secondary N) is 1. The molecule has 0 amide bonds. The number of rotatable bonds is 2. The Hall–Kier alpha value is -3.02. The second-order valence-electron chi connectivity index (χ2n) is 6.85. The number of aromatic nitrogens is 5. The van der Waals surface area contributed by atoms with E-state index in [1.54, 1.807) is 18.3 Å². The van der Waals surface area contributed by atoms with Crippen LogP contribution in [0, 0.1) is 5.82 Å². The summed E-state index contributed by atoms with van der Waals surface area (Å²) in [5, 5.41) is 13.0. The summed E-state index contributed by atoms with van der Waals surface area (Å²) in [6, 6.07) is 8.94. The van der Waals surface area contributed by atoms with E-state index >= 15 is 0 Å². The molecule has 3 aromatic heterocycles. The van der Waals surface area contributed by atoms with Crippen molar-refractivity contribution < 1.29 is 4.39 Å². The molecule has 0 saturated carbocycles. The first-order chi connectivity index (χ1) is 12.7. The van der Waals surface area contributed by atoms with Crippen molar-refractivity contribution in [1.82, 2.24) is 25.0 Å². The molecule has 1 N–H and O–H groups in total. The minimum absolute atomic E-state index is 0.242. The maximum absolute atomic E-state index is 13.4. The van der Waals surface area contributed by atoms with Crippen molar-refractivity contribution in [2.24, 2.45) is 0 Å². The summed E-state index contributed by atoms with van der Waals surface area (Å²) >= 11 is 0. The Labute approximate surface area is 149 Å². The van der Waals surface area contributed by atoms with Gasteiger partial charge in [-0.1, -0.05) is 0 Å². The lowest BCUT2D eigenvalue weighted by Gasteiger charge is -2.21. The Balaban J connectivity index is 1.83. The fraction of sp³-hybridized carbons (Fsp3) is 0.250. The maximum Gasteiger partial charge on any atom is 0.155 e. The molecule has 1 aromatic carbocycles. The lowest BCUT2D eigenvalue weighted by atomic mass is 9.93. The van der Waals surface area contributed by atoms with Crippen LogP contribution in [0.3, 0.4) is 0 Å². The summed E-state index contributed by atoms with van der Waals surface area (Å²) in [6.45, 7) is 2.20. The number of H-pyrrole nitrogens is 1. The predicted molar refractivity (Wildman–Crippen MR) is 98.2 cm³/mol. The number of halogens is 1. The molecular weight excluding hydrogens is 329 g/mol. The van der Waals surface area contributed by atoms with Crippen LogP contribution in [0.25, 0.3) is 33.4 Å². The Kier molecular flexibility index (Phi) is 3.38. The third-order valence-corrected chi connectivity index (χ3v) is 5.20. The average molecular weight is 347 g/mol. The van der Waals surface area contributed by atoms with E-state index in [1.165, 1.54) is 17.8 Å². The first-order valence-corrected chi connectivity index (χ1v) is 8.88. The smallest absolute Gasteiger partial charge is 0.155 e. The normalized spacial score (nSPS) is 16.8. The number of pyridine rings is 1. The van der Waals surface area contributed by atoms with Crippen LogP contribution in [0.15, 0.2) is 42.7 Å². The Bertz CT molecular complexity index is 1090. The molecule has 5 rings (SSSR count). The van der Waals surface area contributed by atoms with Crippen molar-refractivity contribution in [3.63, 3.8) is 0 Å². The fourth-order valence-corrected chi connectivity index (χ4v) is 3.92. The van der Waals surface area contributed by atoms with Gasteiger partial charge in [0.15, 0.2) is 5.65 Å². The van der Waals surface area contributed by atoms with Crippen molar-refractivity contribution >= 4 is 11.0 Å². The molecule has 0 unspecified atom stereocenters. The van der Waals surface area contributed by atoms with Gasteiger partial charge in [0, 0.05) is 34.4 Å². The van der Waals surface area contributed by atoms with Crippen LogP contribution in [0.1, 0.15) is 31.5 Å². The summed E-state index contributed by atoms with van der Waals surface area (Å²) in [5.41, 5.74) is 5.98. The topological polar surface area (TPSA) is 59.4 Å². The summed E-state index contributed by atoms with van der Waals surface area (Å²) in [4.78, 5) is 4.36. The number of fused-ring (bicyclic) bond motifs is 2. The minimum Gasteiger partial charge on any atom is -0.266 e. The molecule has 130 valence electrons. The number of hydrogen-bond donors (Lipinski definition) is 1. The summed E-state index contributed by atoms with van der Waals surface area (Å²) in [6.07, 6.45) is 6.84. The molecule has 6 heteroatoms.